The smallest absolute Gasteiger partial charge is 0.306 e. The van der Waals surface area contributed by atoms with Crippen molar-refractivity contribution in [1.29, 1.82) is 0 Å². The van der Waals surface area contributed by atoms with Crippen LogP contribution in [0.4, 0.5) is 0 Å². The van der Waals surface area contributed by atoms with Gasteiger partial charge >= 0.3 is 5.97 Å². The first kappa shape index (κ1) is 8.47. The van der Waals surface area contributed by atoms with Gasteiger partial charge in [0.1, 0.15) is 6.10 Å². The van der Waals surface area contributed by atoms with E-state index in [4.69, 9.17) is 4.74 Å². The van der Waals surface area contributed by atoms with Gasteiger partial charge in [-0.3, -0.25) is 4.79 Å². The lowest BCUT2D eigenvalue weighted by Gasteiger charge is -2.01. The Labute approximate surface area is 56.2 Å². The molecule has 1 aliphatic rings. The maximum atomic E-state index is 10.4. The summed E-state index contributed by atoms with van der Waals surface area (Å²) in [5.74, 6) is -0.0307. The second-order valence-electron chi connectivity index (χ2n) is 2.06. The zero-order valence-corrected chi connectivity index (χ0v) is 5.02. The number of hydrogen-bond donors (Lipinski definition) is 0. The highest BCUT2D eigenvalue weighted by molar-refractivity contribution is 5.71. The summed E-state index contributed by atoms with van der Waals surface area (Å²) >= 11 is 0. The standard InChI is InChI=1S/C6H10O2.CH4/c1-2-5-3-4-6(7)8-5;/h5H,2-4H2,1H3;1H4. The van der Waals surface area contributed by atoms with Crippen molar-refractivity contribution >= 4 is 5.97 Å². The molecule has 0 N–H and O–H groups in total. The van der Waals surface area contributed by atoms with E-state index in [9.17, 15) is 4.79 Å². The fraction of sp³-hybridized carbons (Fsp3) is 0.857. The van der Waals surface area contributed by atoms with Crippen molar-refractivity contribution in [2.24, 2.45) is 0 Å². The van der Waals surface area contributed by atoms with Gasteiger partial charge < -0.3 is 4.74 Å². The summed E-state index contributed by atoms with van der Waals surface area (Å²) in [6, 6.07) is 0. The molecule has 0 aromatic heterocycles. The van der Waals surface area contributed by atoms with Crippen LogP contribution in [0.5, 0.6) is 0 Å². The number of carbonyl (C=O) groups is 1. The number of hydrogen-bond acceptors (Lipinski definition) is 2. The minimum atomic E-state index is -0.0307. The van der Waals surface area contributed by atoms with Crippen molar-refractivity contribution in [3.63, 3.8) is 0 Å². The predicted molar refractivity (Wildman–Crippen MR) is 36.1 cm³/mol. The number of esters is 1. The lowest BCUT2D eigenvalue weighted by molar-refractivity contribution is -0.141. The van der Waals surface area contributed by atoms with E-state index in [1.54, 1.807) is 0 Å². The van der Waals surface area contributed by atoms with Gasteiger partial charge in [-0.05, 0) is 12.8 Å². The molecule has 54 valence electrons. The molecule has 1 unspecified atom stereocenters. The summed E-state index contributed by atoms with van der Waals surface area (Å²) in [6.07, 6.45) is 2.74. The fourth-order valence-corrected chi connectivity index (χ4v) is 0.870. The maximum Gasteiger partial charge on any atom is 0.306 e. The summed E-state index contributed by atoms with van der Waals surface area (Å²) < 4.78 is 4.87. The first-order chi connectivity index (χ1) is 3.83. The average Bonchev–Trinajstić information content (AvgIpc) is 2.14. The van der Waals surface area contributed by atoms with Gasteiger partial charge in [0, 0.05) is 6.42 Å². The molecule has 1 rings (SSSR count). The van der Waals surface area contributed by atoms with Crippen LogP contribution in [0.25, 0.3) is 0 Å². The van der Waals surface area contributed by atoms with Crippen molar-refractivity contribution in [3.05, 3.63) is 0 Å². The lowest BCUT2D eigenvalue weighted by Crippen LogP contribution is -2.03. The Morgan fingerprint density at radius 2 is 2.44 bits per heavy atom. The molecule has 1 aliphatic heterocycles. The molecule has 0 aromatic carbocycles. The van der Waals surface area contributed by atoms with Gasteiger partial charge in [0.25, 0.3) is 0 Å². The van der Waals surface area contributed by atoms with Crippen LogP contribution in [0, 0.1) is 0 Å². The predicted octanol–water partition coefficient (Wildman–Crippen LogP) is 1.74. The van der Waals surface area contributed by atoms with Gasteiger partial charge in [-0.15, -0.1) is 0 Å². The quantitative estimate of drug-likeness (QED) is 0.505. The molecule has 9 heavy (non-hydrogen) atoms. The van der Waals surface area contributed by atoms with Crippen molar-refractivity contribution in [1.82, 2.24) is 0 Å². The molecule has 2 heteroatoms. The third kappa shape index (κ3) is 2.04. The summed E-state index contributed by atoms with van der Waals surface area (Å²) in [5.41, 5.74) is 0. The monoisotopic (exact) mass is 130 g/mol. The Morgan fingerprint density at radius 3 is 2.67 bits per heavy atom. The van der Waals surface area contributed by atoms with Crippen LogP contribution in [-0.2, 0) is 9.53 Å². The van der Waals surface area contributed by atoms with Crippen LogP contribution in [0.2, 0.25) is 0 Å². The highest BCUT2D eigenvalue weighted by atomic mass is 16.5. The van der Waals surface area contributed by atoms with Gasteiger partial charge in [-0.25, -0.2) is 0 Å². The van der Waals surface area contributed by atoms with Gasteiger partial charge in [0.05, 0.1) is 0 Å². The zero-order valence-electron chi connectivity index (χ0n) is 5.02. The first-order valence-corrected chi connectivity index (χ1v) is 3.02. The van der Waals surface area contributed by atoms with Crippen LogP contribution < -0.4 is 0 Å². The molecule has 1 saturated heterocycles. The van der Waals surface area contributed by atoms with E-state index in [0.717, 1.165) is 12.8 Å². The average molecular weight is 130 g/mol. The van der Waals surface area contributed by atoms with Crippen molar-refractivity contribution in [2.75, 3.05) is 0 Å². The molecule has 0 amide bonds. The van der Waals surface area contributed by atoms with E-state index >= 15 is 0 Å². The third-order valence-corrected chi connectivity index (χ3v) is 1.42. The Hall–Kier alpha value is -0.530. The second kappa shape index (κ2) is 3.49. The van der Waals surface area contributed by atoms with Gasteiger partial charge in [-0.1, -0.05) is 14.4 Å². The van der Waals surface area contributed by atoms with Crippen molar-refractivity contribution < 1.29 is 9.53 Å². The topological polar surface area (TPSA) is 26.3 Å². The van der Waals surface area contributed by atoms with Crippen LogP contribution in [0.1, 0.15) is 33.6 Å². The Morgan fingerprint density at radius 1 is 1.78 bits per heavy atom. The molecular formula is C7H14O2. The molecule has 0 spiro atoms. The SMILES string of the molecule is C.CCC1CCC(=O)O1. The summed E-state index contributed by atoms with van der Waals surface area (Å²) in [7, 11) is 0. The van der Waals surface area contributed by atoms with Crippen molar-refractivity contribution in [3.8, 4) is 0 Å². The highest BCUT2D eigenvalue weighted by Gasteiger charge is 2.20. The summed E-state index contributed by atoms with van der Waals surface area (Å²) in [4.78, 5) is 10.4. The highest BCUT2D eigenvalue weighted by Crippen LogP contribution is 2.15. The molecule has 0 aromatic rings. The summed E-state index contributed by atoms with van der Waals surface area (Å²) in [5, 5.41) is 0. The maximum absolute atomic E-state index is 10.4. The van der Waals surface area contributed by atoms with Gasteiger partial charge in [-0.2, -0.15) is 0 Å². The Balaban J connectivity index is 0.000000640. The van der Waals surface area contributed by atoms with Crippen LogP contribution in [-0.4, -0.2) is 12.1 Å². The normalized spacial score (nSPS) is 25.0. The zero-order chi connectivity index (χ0) is 5.98. The summed E-state index contributed by atoms with van der Waals surface area (Å²) in [6.45, 7) is 2.03. The van der Waals surface area contributed by atoms with Crippen molar-refractivity contribution in [2.45, 2.75) is 39.7 Å². The molecule has 1 heterocycles. The van der Waals surface area contributed by atoms with E-state index in [1.165, 1.54) is 0 Å². The fourth-order valence-electron chi connectivity index (χ4n) is 0.870. The van der Waals surface area contributed by atoms with E-state index in [0.29, 0.717) is 6.42 Å². The molecule has 0 radical (unpaired) electrons. The first-order valence-electron chi connectivity index (χ1n) is 3.02. The minimum Gasteiger partial charge on any atom is -0.462 e. The van der Waals surface area contributed by atoms with Crippen LogP contribution in [0.15, 0.2) is 0 Å². The number of ether oxygens (including phenoxy) is 1. The Bertz CT molecular complexity index is 99.1. The minimum absolute atomic E-state index is 0. The number of rotatable bonds is 1. The lowest BCUT2D eigenvalue weighted by atomic mass is 10.2. The van der Waals surface area contributed by atoms with E-state index in [2.05, 4.69) is 0 Å². The number of carbonyl (C=O) groups excluding carboxylic acids is 1. The number of cyclic esters (lactones) is 1. The molecular weight excluding hydrogens is 116 g/mol. The third-order valence-electron chi connectivity index (χ3n) is 1.42. The van der Waals surface area contributed by atoms with E-state index in [-0.39, 0.29) is 19.5 Å². The van der Waals surface area contributed by atoms with Crippen LogP contribution in [0.3, 0.4) is 0 Å². The van der Waals surface area contributed by atoms with E-state index in [1.807, 2.05) is 6.92 Å². The molecule has 2 nitrogen and oxygen atoms in total. The molecule has 1 fully saturated rings. The molecule has 0 bridgehead atoms. The second-order valence-corrected chi connectivity index (χ2v) is 2.06. The van der Waals surface area contributed by atoms with Gasteiger partial charge in [0.15, 0.2) is 0 Å². The molecule has 0 aliphatic carbocycles. The Kier molecular flexibility index (Phi) is 3.28. The molecule has 1 atom stereocenters. The largest absolute Gasteiger partial charge is 0.462 e. The molecule has 0 saturated carbocycles. The van der Waals surface area contributed by atoms with E-state index < -0.39 is 0 Å². The van der Waals surface area contributed by atoms with Gasteiger partial charge in [0.2, 0.25) is 0 Å². The van der Waals surface area contributed by atoms with Crippen LogP contribution >= 0.6 is 0 Å².